The van der Waals surface area contributed by atoms with Gasteiger partial charge in [-0.25, -0.2) is 0 Å². The molecule has 15 heavy (non-hydrogen) atoms. The van der Waals surface area contributed by atoms with Crippen LogP contribution in [0, 0.1) is 0 Å². The van der Waals surface area contributed by atoms with Crippen molar-refractivity contribution in [1.82, 2.24) is 0 Å². The second-order valence-corrected chi connectivity index (χ2v) is 3.61. The third-order valence-corrected chi connectivity index (χ3v) is 2.31. The molecule has 0 heterocycles. The molecule has 0 radical (unpaired) electrons. The third kappa shape index (κ3) is 5.23. The largest absolute Gasteiger partial charge is 0.399 e. The molecule has 0 aromatic heterocycles. The summed E-state index contributed by atoms with van der Waals surface area (Å²) < 4.78 is 0. The topological polar surface area (TPSA) is 52.0 Å². The zero-order valence-electron chi connectivity index (χ0n) is 10.0. The van der Waals surface area contributed by atoms with Gasteiger partial charge in [0.05, 0.1) is 0 Å². The van der Waals surface area contributed by atoms with Crippen molar-refractivity contribution in [3.8, 4) is 0 Å². The first-order chi connectivity index (χ1) is 7.04. The molecule has 0 aromatic rings. The fourth-order valence-corrected chi connectivity index (χ4v) is 1.07. The van der Waals surface area contributed by atoms with E-state index in [0.29, 0.717) is 6.54 Å². The molecule has 0 aliphatic rings. The van der Waals surface area contributed by atoms with Crippen molar-refractivity contribution in [2.24, 2.45) is 11.5 Å². The molecule has 0 saturated heterocycles. The molecule has 0 fully saturated rings. The highest BCUT2D eigenvalue weighted by Crippen LogP contribution is 2.09. The molecule has 0 aliphatic heterocycles. The summed E-state index contributed by atoms with van der Waals surface area (Å²) >= 11 is 0. The predicted octanol–water partition coefficient (Wildman–Crippen LogP) is 2.65. The zero-order valence-corrected chi connectivity index (χ0v) is 10.0. The van der Waals surface area contributed by atoms with Crippen LogP contribution in [0.25, 0.3) is 0 Å². The minimum Gasteiger partial charge on any atom is -0.399 e. The predicted molar refractivity (Wildman–Crippen MR) is 68.3 cm³/mol. The molecule has 0 aliphatic carbocycles. The summed E-state index contributed by atoms with van der Waals surface area (Å²) in [7, 11) is 0. The average Bonchev–Trinajstić information content (AvgIpc) is 2.24. The Morgan fingerprint density at radius 1 is 1.27 bits per heavy atom. The molecule has 0 unspecified atom stereocenters. The van der Waals surface area contributed by atoms with Crippen LogP contribution in [0.4, 0.5) is 0 Å². The highest BCUT2D eigenvalue weighted by atomic mass is 14.6. The Balaban J connectivity index is 4.94. The molecule has 2 heteroatoms. The summed E-state index contributed by atoms with van der Waals surface area (Å²) in [5.74, 6) is 0. The molecular weight excluding hydrogens is 184 g/mol. The Kier molecular flexibility index (Phi) is 6.47. The van der Waals surface area contributed by atoms with E-state index in [1.54, 1.807) is 6.08 Å². The Labute approximate surface area is 93.0 Å². The van der Waals surface area contributed by atoms with E-state index >= 15 is 0 Å². The number of rotatable bonds is 5. The Morgan fingerprint density at radius 3 is 2.27 bits per heavy atom. The molecule has 0 saturated carbocycles. The molecule has 0 amide bonds. The maximum absolute atomic E-state index is 5.93. The standard InChI is InChI=1S/C13H22N2/c1-5-10(3)7-11(4)13(15)8-12(6-2)9-14/h6-8H,2,5,9,14-15H2,1,3-4H3/b10-7+,12-8+,13-11-. The normalized spacial score (nSPS) is 14.9. The summed E-state index contributed by atoms with van der Waals surface area (Å²) in [5, 5.41) is 0. The van der Waals surface area contributed by atoms with Gasteiger partial charge in [0.25, 0.3) is 0 Å². The number of allylic oxidation sites excluding steroid dienone is 4. The van der Waals surface area contributed by atoms with Crippen LogP contribution in [0.2, 0.25) is 0 Å². The molecule has 0 spiro atoms. The van der Waals surface area contributed by atoms with Gasteiger partial charge in [-0.1, -0.05) is 31.2 Å². The van der Waals surface area contributed by atoms with Gasteiger partial charge in [-0.3, -0.25) is 0 Å². The lowest BCUT2D eigenvalue weighted by atomic mass is 10.1. The van der Waals surface area contributed by atoms with Gasteiger partial charge in [0, 0.05) is 12.2 Å². The van der Waals surface area contributed by atoms with E-state index < -0.39 is 0 Å². The molecule has 4 N–H and O–H groups in total. The minimum absolute atomic E-state index is 0.466. The molecule has 2 nitrogen and oxygen atoms in total. The minimum atomic E-state index is 0.466. The highest BCUT2D eigenvalue weighted by Gasteiger charge is 1.94. The second-order valence-electron chi connectivity index (χ2n) is 3.61. The quantitative estimate of drug-likeness (QED) is 0.679. The fraction of sp³-hybridized carbons (Fsp3) is 0.385. The van der Waals surface area contributed by atoms with E-state index in [-0.39, 0.29) is 0 Å². The lowest BCUT2D eigenvalue weighted by Gasteiger charge is -2.03. The Bertz CT molecular complexity index is 306. The summed E-state index contributed by atoms with van der Waals surface area (Å²) in [6, 6.07) is 0. The van der Waals surface area contributed by atoms with Crippen molar-refractivity contribution in [1.29, 1.82) is 0 Å². The first-order valence-electron chi connectivity index (χ1n) is 5.21. The van der Waals surface area contributed by atoms with Crippen molar-refractivity contribution in [2.75, 3.05) is 6.54 Å². The first-order valence-corrected chi connectivity index (χ1v) is 5.21. The van der Waals surface area contributed by atoms with Gasteiger partial charge in [-0.2, -0.15) is 0 Å². The van der Waals surface area contributed by atoms with Crippen LogP contribution in [0.15, 0.2) is 47.2 Å². The maximum Gasteiger partial charge on any atom is 0.0346 e. The van der Waals surface area contributed by atoms with Gasteiger partial charge >= 0.3 is 0 Å². The molecule has 0 atom stereocenters. The highest BCUT2D eigenvalue weighted by molar-refractivity contribution is 5.36. The smallest absolute Gasteiger partial charge is 0.0346 e. The van der Waals surface area contributed by atoms with E-state index in [9.17, 15) is 0 Å². The van der Waals surface area contributed by atoms with Crippen LogP contribution in [-0.2, 0) is 0 Å². The Hall–Kier alpha value is -1.28. The van der Waals surface area contributed by atoms with E-state index in [2.05, 4.69) is 26.5 Å². The molecule has 0 aromatic carbocycles. The van der Waals surface area contributed by atoms with Crippen LogP contribution >= 0.6 is 0 Å². The van der Waals surface area contributed by atoms with Gasteiger partial charge in [0.2, 0.25) is 0 Å². The van der Waals surface area contributed by atoms with Crippen molar-refractivity contribution in [3.63, 3.8) is 0 Å². The van der Waals surface area contributed by atoms with Crippen molar-refractivity contribution < 1.29 is 0 Å². The lowest BCUT2D eigenvalue weighted by molar-refractivity contribution is 1.09. The van der Waals surface area contributed by atoms with Gasteiger partial charge < -0.3 is 11.5 Å². The molecular formula is C13H22N2. The number of nitrogens with two attached hydrogens (primary N) is 2. The zero-order chi connectivity index (χ0) is 11.8. The lowest BCUT2D eigenvalue weighted by Crippen LogP contribution is -2.04. The average molecular weight is 206 g/mol. The summed E-state index contributed by atoms with van der Waals surface area (Å²) in [6.07, 6.45) is 6.75. The number of hydrogen-bond acceptors (Lipinski definition) is 2. The van der Waals surface area contributed by atoms with Gasteiger partial charge in [-0.15, -0.1) is 0 Å². The summed E-state index contributed by atoms with van der Waals surface area (Å²) in [4.78, 5) is 0. The van der Waals surface area contributed by atoms with Gasteiger partial charge in [0.1, 0.15) is 0 Å². The molecule has 84 valence electrons. The van der Waals surface area contributed by atoms with Crippen LogP contribution in [0.5, 0.6) is 0 Å². The van der Waals surface area contributed by atoms with Crippen molar-refractivity contribution >= 4 is 0 Å². The van der Waals surface area contributed by atoms with Crippen molar-refractivity contribution in [2.45, 2.75) is 27.2 Å². The Morgan fingerprint density at radius 2 is 1.87 bits per heavy atom. The maximum atomic E-state index is 5.93. The monoisotopic (exact) mass is 206 g/mol. The van der Waals surface area contributed by atoms with Gasteiger partial charge in [-0.05, 0) is 37.5 Å². The first kappa shape index (κ1) is 13.7. The van der Waals surface area contributed by atoms with Crippen LogP contribution in [-0.4, -0.2) is 6.54 Å². The van der Waals surface area contributed by atoms with Crippen LogP contribution in [0.1, 0.15) is 27.2 Å². The molecule has 0 bridgehead atoms. The van der Waals surface area contributed by atoms with Crippen LogP contribution in [0.3, 0.4) is 0 Å². The number of hydrogen-bond donors (Lipinski definition) is 2. The SMILES string of the molecule is C=C\C(=C/C(N)=C(C)/C=C(\C)CC)CN. The molecule has 0 rings (SSSR count). The van der Waals surface area contributed by atoms with Crippen LogP contribution < -0.4 is 11.5 Å². The summed E-state index contributed by atoms with van der Waals surface area (Å²) in [5.41, 5.74) is 15.5. The fourth-order valence-electron chi connectivity index (χ4n) is 1.07. The van der Waals surface area contributed by atoms with E-state index in [0.717, 1.165) is 23.3 Å². The van der Waals surface area contributed by atoms with E-state index in [4.69, 9.17) is 11.5 Å². The van der Waals surface area contributed by atoms with Gasteiger partial charge in [0.15, 0.2) is 0 Å². The van der Waals surface area contributed by atoms with Crippen molar-refractivity contribution in [3.05, 3.63) is 47.2 Å². The second kappa shape index (κ2) is 7.07. The van der Waals surface area contributed by atoms with E-state index in [1.165, 1.54) is 5.57 Å². The van der Waals surface area contributed by atoms with E-state index in [1.807, 2.05) is 13.0 Å². The summed E-state index contributed by atoms with van der Waals surface area (Å²) in [6.45, 7) is 10.4. The third-order valence-electron chi connectivity index (χ3n) is 2.31.